The van der Waals surface area contributed by atoms with E-state index in [9.17, 15) is 13.2 Å². The summed E-state index contributed by atoms with van der Waals surface area (Å²) in [6, 6.07) is 0. The second-order valence-corrected chi connectivity index (χ2v) is 7.67. The number of amides is 1. The molecule has 1 saturated heterocycles. The maximum Gasteiger partial charge on any atom is 0.226 e. The van der Waals surface area contributed by atoms with E-state index in [1.54, 1.807) is 0 Å². The average molecular weight is 289 g/mol. The van der Waals surface area contributed by atoms with E-state index in [1.807, 2.05) is 6.92 Å². The fourth-order valence-electron chi connectivity index (χ4n) is 1.91. The SMILES string of the molecule is CCc1nnc(NC(=O)C[C@@H]2CCS(=O)(=O)C2)s1. The number of carbonyl (C=O) groups excluding carboxylic acids is 1. The summed E-state index contributed by atoms with van der Waals surface area (Å²) in [4.78, 5) is 11.7. The van der Waals surface area contributed by atoms with Crippen LogP contribution < -0.4 is 5.32 Å². The highest BCUT2D eigenvalue weighted by molar-refractivity contribution is 7.91. The molecule has 0 saturated carbocycles. The fourth-order valence-corrected chi connectivity index (χ4v) is 4.47. The van der Waals surface area contributed by atoms with Gasteiger partial charge in [0.15, 0.2) is 9.84 Å². The van der Waals surface area contributed by atoms with Gasteiger partial charge in [-0.25, -0.2) is 8.42 Å². The van der Waals surface area contributed by atoms with Crippen molar-refractivity contribution in [1.29, 1.82) is 0 Å². The van der Waals surface area contributed by atoms with Crippen LogP contribution in [0.5, 0.6) is 0 Å². The predicted molar refractivity (Wildman–Crippen MR) is 69.3 cm³/mol. The number of hydrogen-bond acceptors (Lipinski definition) is 6. The van der Waals surface area contributed by atoms with E-state index < -0.39 is 9.84 Å². The maximum atomic E-state index is 11.7. The van der Waals surface area contributed by atoms with E-state index in [1.165, 1.54) is 11.3 Å². The Morgan fingerprint density at radius 2 is 2.28 bits per heavy atom. The Morgan fingerprint density at radius 3 is 2.83 bits per heavy atom. The molecule has 0 aromatic carbocycles. The van der Waals surface area contributed by atoms with E-state index in [0.717, 1.165) is 11.4 Å². The molecule has 6 nitrogen and oxygen atoms in total. The van der Waals surface area contributed by atoms with Crippen LogP contribution in [0.2, 0.25) is 0 Å². The summed E-state index contributed by atoms with van der Waals surface area (Å²) < 4.78 is 22.5. The zero-order valence-corrected chi connectivity index (χ0v) is 11.7. The monoisotopic (exact) mass is 289 g/mol. The van der Waals surface area contributed by atoms with E-state index in [4.69, 9.17) is 0 Å². The van der Waals surface area contributed by atoms with Crippen LogP contribution in [0.25, 0.3) is 0 Å². The second-order valence-electron chi connectivity index (χ2n) is 4.38. The van der Waals surface area contributed by atoms with Crippen molar-refractivity contribution in [3.63, 3.8) is 0 Å². The summed E-state index contributed by atoms with van der Waals surface area (Å²) in [5.41, 5.74) is 0. The summed E-state index contributed by atoms with van der Waals surface area (Å²) in [7, 11) is -2.92. The van der Waals surface area contributed by atoms with Crippen LogP contribution in [-0.2, 0) is 21.1 Å². The van der Waals surface area contributed by atoms with Gasteiger partial charge < -0.3 is 5.32 Å². The van der Waals surface area contributed by atoms with Gasteiger partial charge in [0.25, 0.3) is 0 Å². The summed E-state index contributed by atoms with van der Waals surface area (Å²) in [6.45, 7) is 1.97. The third-order valence-corrected chi connectivity index (χ3v) is 5.64. The summed E-state index contributed by atoms with van der Waals surface area (Å²) in [6.07, 6.45) is 1.60. The first-order valence-electron chi connectivity index (χ1n) is 5.81. The molecular weight excluding hydrogens is 274 g/mol. The zero-order valence-electron chi connectivity index (χ0n) is 10.0. The molecule has 1 fully saturated rings. The van der Waals surface area contributed by atoms with Crippen molar-refractivity contribution in [1.82, 2.24) is 10.2 Å². The van der Waals surface area contributed by atoms with Gasteiger partial charge >= 0.3 is 0 Å². The van der Waals surface area contributed by atoms with E-state index in [2.05, 4.69) is 15.5 Å². The highest BCUT2D eigenvalue weighted by Crippen LogP contribution is 2.22. The molecule has 0 unspecified atom stereocenters. The van der Waals surface area contributed by atoms with Crippen molar-refractivity contribution in [2.45, 2.75) is 26.2 Å². The Morgan fingerprint density at radius 1 is 1.50 bits per heavy atom. The van der Waals surface area contributed by atoms with E-state index in [-0.39, 0.29) is 29.8 Å². The van der Waals surface area contributed by atoms with Gasteiger partial charge in [0.2, 0.25) is 11.0 Å². The van der Waals surface area contributed by atoms with Crippen LogP contribution in [0.4, 0.5) is 5.13 Å². The van der Waals surface area contributed by atoms with Crippen molar-refractivity contribution in [3.05, 3.63) is 5.01 Å². The lowest BCUT2D eigenvalue weighted by Gasteiger charge is -2.05. The Kier molecular flexibility index (Phi) is 3.96. The van der Waals surface area contributed by atoms with Crippen LogP contribution in [0.15, 0.2) is 0 Å². The zero-order chi connectivity index (χ0) is 13.2. The Labute approximate surface area is 110 Å². The third kappa shape index (κ3) is 3.49. The van der Waals surface area contributed by atoms with Crippen molar-refractivity contribution in [3.8, 4) is 0 Å². The smallest absolute Gasteiger partial charge is 0.226 e. The largest absolute Gasteiger partial charge is 0.301 e. The lowest BCUT2D eigenvalue weighted by Crippen LogP contribution is -2.17. The first-order chi connectivity index (χ1) is 8.48. The molecule has 0 radical (unpaired) electrons. The molecule has 0 bridgehead atoms. The molecular formula is C10H15N3O3S2. The molecule has 1 amide bonds. The standard InChI is InChI=1S/C10H15N3O3S2/c1-2-9-12-13-10(17-9)11-8(14)5-7-3-4-18(15,16)6-7/h7H,2-6H2,1H3,(H,11,13,14)/t7-/m0/s1. The molecule has 1 N–H and O–H groups in total. The molecule has 0 spiro atoms. The van der Waals surface area contributed by atoms with Gasteiger partial charge in [0, 0.05) is 6.42 Å². The lowest BCUT2D eigenvalue weighted by atomic mass is 10.1. The van der Waals surface area contributed by atoms with Gasteiger partial charge in [-0.3, -0.25) is 4.79 Å². The molecule has 8 heteroatoms. The predicted octanol–water partition coefficient (Wildman–Crippen LogP) is 0.864. The molecule has 2 rings (SSSR count). The minimum absolute atomic E-state index is 0.0615. The molecule has 2 heterocycles. The number of nitrogens with one attached hydrogen (secondary N) is 1. The minimum atomic E-state index is -2.92. The van der Waals surface area contributed by atoms with Crippen LogP contribution in [0.3, 0.4) is 0 Å². The molecule has 18 heavy (non-hydrogen) atoms. The maximum absolute atomic E-state index is 11.7. The van der Waals surface area contributed by atoms with Crippen molar-refractivity contribution >= 4 is 32.2 Å². The van der Waals surface area contributed by atoms with Gasteiger partial charge in [-0.15, -0.1) is 10.2 Å². The van der Waals surface area contributed by atoms with Gasteiger partial charge in [0.05, 0.1) is 11.5 Å². The first-order valence-corrected chi connectivity index (χ1v) is 8.45. The lowest BCUT2D eigenvalue weighted by molar-refractivity contribution is -0.116. The number of anilines is 1. The highest BCUT2D eigenvalue weighted by atomic mass is 32.2. The van der Waals surface area contributed by atoms with Gasteiger partial charge in [-0.05, 0) is 18.8 Å². The minimum Gasteiger partial charge on any atom is -0.301 e. The Bertz CT molecular complexity index is 538. The number of rotatable bonds is 4. The summed E-state index contributed by atoms with van der Waals surface area (Å²) in [5.74, 6) is 0.0741. The van der Waals surface area contributed by atoms with Crippen molar-refractivity contribution in [2.75, 3.05) is 16.8 Å². The van der Waals surface area contributed by atoms with Crippen molar-refractivity contribution in [2.24, 2.45) is 5.92 Å². The number of nitrogens with zero attached hydrogens (tertiary/aromatic N) is 2. The second kappa shape index (κ2) is 5.31. The van der Waals surface area contributed by atoms with Crippen LogP contribution in [0.1, 0.15) is 24.8 Å². The van der Waals surface area contributed by atoms with Gasteiger partial charge in [0.1, 0.15) is 5.01 Å². The average Bonchev–Trinajstić information content (AvgIpc) is 2.85. The quantitative estimate of drug-likeness (QED) is 0.888. The fraction of sp³-hybridized carbons (Fsp3) is 0.700. The van der Waals surface area contributed by atoms with Crippen LogP contribution >= 0.6 is 11.3 Å². The Balaban J connectivity index is 1.86. The van der Waals surface area contributed by atoms with E-state index in [0.29, 0.717) is 11.6 Å². The molecule has 1 aliphatic heterocycles. The molecule has 1 aromatic heterocycles. The molecule has 1 atom stereocenters. The number of hydrogen-bond donors (Lipinski definition) is 1. The van der Waals surface area contributed by atoms with Crippen LogP contribution in [-0.4, -0.2) is 36.0 Å². The summed E-state index contributed by atoms with van der Waals surface area (Å²) in [5, 5.41) is 11.8. The van der Waals surface area contributed by atoms with Crippen LogP contribution in [0, 0.1) is 5.92 Å². The molecule has 1 aromatic rings. The van der Waals surface area contributed by atoms with Crippen molar-refractivity contribution < 1.29 is 13.2 Å². The van der Waals surface area contributed by atoms with Gasteiger partial charge in [-0.1, -0.05) is 18.3 Å². The van der Waals surface area contributed by atoms with Gasteiger partial charge in [-0.2, -0.15) is 0 Å². The third-order valence-electron chi connectivity index (χ3n) is 2.82. The molecule has 0 aliphatic carbocycles. The Hall–Kier alpha value is -1.02. The first kappa shape index (κ1) is 13.4. The number of aromatic nitrogens is 2. The normalized spacial score (nSPS) is 21.9. The number of aryl methyl sites for hydroxylation is 1. The molecule has 1 aliphatic rings. The summed E-state index contributed by atoms with van der Waals surface area (Å²) >= 11 is 1.35. The molecule has 100 valence electrons. The topological polar surface area (TPSA) is 89.0 Å². The number of carbonyl (C=O) groups is 1. The van der Waals surface area contributed by atoms with E-state index >= 15 is 0 Å². The number of sulfone groups is 1. The highest BCUT2D eigenvalue weighted by Gasteiger charge is 2.29.